The Kier molecular flexibility index (Phi) is 24.7. The minimum atomic E-state index is -0.435. The maximum absolute atomic E-state index is 11.5. The number of rotatable bonds is 14. The van der Waals surface area contributed by atoms with E-state index in [0.29, 0.717) is 91.9 Å². The molecular formula is C57H46BrCl5O13V. The average molecular weight is 1250 g/mol. The van der Waals surface area contributed by atoms with Crippen molar-refractivity contribution in [2.45, 2.75) is 39.0 Å². The second-order valence-electron chi connectivity index (χ2n) is 15.8. The van der Waals surface area contributed by atoms with Crippen LogP contribution in [0.5, 0.6) is 17.2 Å². The van der Waals surface area contributed by atoms with Crippen molar-refractivity contribution in [3.05, 3.63) is 203 Å². The number of hydrogen-bond donors (Lipinski definition) is 1. The van der Waals surface area contributed by atoms with Crippen molar-refractivity contribution in [1.82, 2.24) is 0 Å². The molecule has 0 saturated heterocycles. The van der Waals surface area contributed by atoms with Crippen LogP contribution in [0.15, 0.2) is 156 Å². The quantitative estimate of drug-likeness (QED) is 0.0471. The number of aryl methyl sites for hydroxylation is 1. The molecule has 0 aliphatic rings. The van der Waals surface area contributed by atoms with Crippen LogP contribution in [-0.4, -0.2) is 50.1 Å². The van der Waals surface area contributed by atoms with E-state index in [1.807, 2.05) is 75.4 Å². The number of aldehydes is 3. The largest absolute Gasteiger partial charge is 0.507 e. The van der Waals surface area contributed by atoms with E-state index in [1.54, 1.807) is 54.6 Å². The van der Waals surface area contributed by atoms with Crippen LogP contribution < -0.4 is 15.1 Å². The molecule has 0 aliphatic carbocycles. The molecule has 0 fully saturated rings. The summed E-state index contributed by atoms with van der Waals surface area (Å²) in [4.78, 5) is 42.9. The van der Waals surface area contributed by atoms with E-state index in [1.165, 1.54) is 24.3 Å². The zero-order chi connectivity index (χ0) is 54.7. The maximum atomic E-state index is 11.5. The number of ether oxygens (including phenoxy) is 4. The van der Waals surface area contributed by atoms with E-state index in [-0.39, 0.29) is 48.7 Å². The van der Waals surface area contributed by atoms with Crippen LogP contribution in [-0.2, 0) is 40.0 Å². The normalized spacial score (nSPS) is 10.5. The van der Waals surface area contributed by atoms with E-state index in [0.717, 1.165) is 54.4 Å². The molecule has 13 nitrogen and oxygen atoms in total. The molecule has 1 N–H and O–H groups in total. The zero-order valence-corrected chi connectivity index (χ0v) is 47.9. The average Bonchev–Trinajstić information content (AvgIpc) is 4.15. The summed E-state index contributed by atoms with van der Waals surface area (Å²) in [5, 5.41) is 16.4. The molecule has 399 valence electrons. The Bertz CT molecular complexity index is 3620. The molecule has 0 saturated carbocycles. The van der Waals surface area contributed by atoms with Gasteiger partial charge in [-0.05, 0) is 148 Å². The van der Waals surface area contributed by atoms with E-state index >= 15 is 0 Å². The Hall–Kier alpha value is -6.01. The van der Waals surface area contributed by atoms with Crippen molar-refractivity contribution >= 4 is 137 Å². The summed E-state index contributed by atoms with van der Waals surface area (Å²) in [6.07, 6.45) is 1.50. The van der Waals surface area contributed by atoms with Gasteiger partial charge in [-0.3, -0.25) is 14.4 Å². The molecule has 77 heavy (non-hydrogen) atoms. The van der Waals surface area contributed by atoms with Crippen LogP contribution in [0.4, 0.5) is 0 Å². The van der Waals surface area contributed by atoms with Gasteiger partial charge in [0.1, 0.15) is 64.3 Å². The number of phenols is 1. The summed E-state index contributed by atoms with van der Waals surface area (Å²) in [6.45, 7) is 7.21. The van der Waals surface area contributed by atoms with Crippen LogP contribution in [0, 0.1) is 6.92 Å². The Balaban J connectivity index is 0.000000184. The first kappa shape index (κ1) is 61.8. The smallest absolute Gasteiger partial charge is 0.336 e. The molecule has 0 amide bonds. The van der Waals surface area contributed by atoms with Gasteiger partial charge in [-0.2, -0.15) is 0 Å². The van der Waals surface area contributed by atoms with Crippen LogP contribution in [0.1, 0.15) is 62.2 Å². The van der Waals surface area contributed by atoms with Gasteiger partial charge in [0.25, 0.3) is 0 Å². The van der Waals surface area contributed by atoms with Crippen molar-refractivity contribution in [2.24, 2.45) is 0 Å². The molecule has 20 heteroatoms. The number of hydrogen-bond acceptors (Lipinski definition) is 13. The minimum absolute atomic E-state index is 0. The second-order valence-corrected chi connectivity index (χ2v) is 18.6. The van der Waals surface area contributed by atoms with Gasteiger partial charge in [-0.25, -0.2) is 4.79 Å². The van der Waals surface area contributed by atoms with E-state index in [4.69, 9.17) is 99.7 Å². The van der Waals surface area contributed by atoms with E-state index in [2.05, 4.69) is 15.9 Å². The van der Waals surface area contributed by atoms with Crippen LogP contribution in [0.3, 0.4) is 0 Å². The van der Waals surface area contributed by atoms with Gasteiger partial charge in [-0.1, -0.05) is 73.9 Å². The summed E-state index contributed by atoms with van der Waals surface area (Å²) in [7, 11) is 0. The number of aromatic hydroxyl groups is 1. The van der Waals surface area contributed by atoms with Crippen molar-refractivity contribution in [1.29, 1.82) is 0 Å². The van der Waals surface area contributed by atoms with Crippen LogP contribution >= 0.6 is 73.9 Å². The fourth-order valence-electron chi connectivity index (χ4n) is 6.95. The Labute approximate surface area is 486 Å². The fraction of sp³-hybridized carbons (Fsp3) is 0.158. The summed E-state index contributed by atoms with van der Waals surface area (Å²) in [6, 6.07) is 37.9. The van der Waals surface area contributed by atoms with E-state index in [9.17, 15) is 19.2 Å². The van der Waals surface area contributed by atoms with Gasteiger partial charge in [0, 0.05) is 90.6 Å². The summed E-state index contributed by atoms with van der Waals surface area (Å²) in [5.41, 5.74) is 3.97. The number of halogens is 6. The Morgan fingerprint density at radius 2 is 1.08 bits per heavy atom. The van der Waals surface area contributed by atoms with Crippen LogP contribution in [0.25, 0.3) is 43.9 Å². The first-order valence-corrected chi connectivity index (χ1v) is 25.9. The van der Waals surface area contributed by atoms with Gasteiger partial charge in [-0.15, -0.1) is 0 Å². The van der Waals surface area contributed by atoms with Crippen molar-refractivity contribution in [3.63, 3.8) is 0 Å². The molecule has 0 atom stereocenters. The molecule has 4 aromatic heterocycles. The number of fused-ring (bicyclic) bond motifs is 4. The number of carbonyl (C=O) groups excluding carboxylic acids is 3. The number of phenolic OH excluding ortho intramolecular Hbond substituents is 1. The molecule has 1 radical (unpaired) electrons. The standard InChI is InChI=1S/C19H13ClO4.C13H17ClO4.C9H6BrClO.C9H5ClO2.C7H5ClO2.V/c1-11-6-19(21)24-18-9-14(3-4-16(11)18)22-10-15-8-12-7-13(20)2-5-17(12)23-15;1-3-16-13(17-4-2)9-18-12-6-5-11(14)7-10(12)8-15;10-5-8-4-6-3-7(11)1-2-9(6)12-8;10-7-1-2-9-6(3-7)4-8(5-11)12-9;8-6-1-2-7(10)5(3-6)4-9;/h2-9H,10H2,1H3;5-8,13H,3-4,9H2,1-2H3;1-4H,5H2;1-5H;1-4,10H;. The number of benzene rings is 6. The van der Waals surface area contributed by atoms with Crippen molar-refractivity contribution in [3.8, 4) is 17.2 Å². The van der Waals surface area contributed by atoms with Gasteiger partial charge >= 0.3 is 5.63 Å². The predicted molar refractivity (Wildman–Crippen MR) is 301 cm³/mol. The first-order chi connectivity index (χ1) is 36.6. The molecule has 10 rings (SSSR count). The predicted octanol–water partition coefficient (Wildman–Crippen LogP) is 16.7. The molecule has 0 aliphatic heterocycles. The van der Waals surface area contributed by atoms with Gasteiger partial charge < -0.3 is 41.7 Å². The Morgan fingerprint density at radius 1 is 0.558 bits per heavy atom. The maximum Gasteiger partial charge on any atom is 0.336 e. The molecule has 10 aromatic rings. The van der Waals surface area contributed by atoms with Crippen molar-refractivity contribution in [2.75, 3.05) is 19.8 Å². The van der Waals surface area contributed by atoms with Gasteiger partial charge in [0.15, 0.2) is 30.9 Å². The minimum Gasteiger partial charge on any atom is -0.507 e. The summed E-state index contributed by atoms with van der Waals surface area (Å²) < 4.78 is 43.5. The number of carbonyl (C=O) groups is 3. The number of furan rings is 3. The molecular weight excluding hydrogens is 1200 g/mol. The summed E-state index contributed by atoms with van der Waals surface area (Å²) in [5.74, 6) is 2.98. The molecule has 0 bridgehead atoms. The topological polar surface area (TPSA) is 178 Å². The molecule has 4 heterocycles. The number of alkyl halides is 1. The van der Waals surface area contributed by atoms with Gasteiger partial charge in [0.2, 0.25) is 0 Å². The van der Waals surface area contributed by atoms with E-state index < -0.39 is 6.29 Å². The fourth-order valence-corrected chi connectivity index (χ4v) is 8.13. The third kappa shape index (κ3) is 18.6. The zero-order valence-electron chi connectivity index (χ0n) is 41.1. The first-order valence-electron chi connectivity index (χ1n) is 22.9. The molecule has 0 unspecified atom stereocenters. The van der Waals surface area contributed by atoms with Gasteiger partial charge in [0.05, 0.1) is 16.5 Å². The van der Waals surface area contributed by atoms with Crippen molar-refractivity contribution < 1.29 is 74.7 Å². The molecule has 6 aromatic carbocycles. The monoisotopic (exact) mass is 1240 g/mol. The SMILES string of the molecule is CCOC(COc1ccc(Cl)cc1C=O)OCC.Cc1cc(=O)oc2cc(OCc3cc4cc(Cl)ccc4o3)ccc12.Clc1ccc2oc(CBr)cc2c1.O=Cc1cc(Cl)ccc1O.O=Cc1cc2cc(Cl)ccc2o1.[V]. The molecule has 0 spiro atoms. The Morgan fingerprint density at radius 3 is 1.64 bits per heavy atom. The van der Waals surface area contributed by atoms with Crippen LogP contribution in [0.2, 0.25) is 25.1 Å². The third-order valence-corrected chi connectivity index (χ3v) is 12.1. The summed E-state index contributed by atoms with van der Waals surface area (Å²) >= 11 is 32.2. The third-order valence-electron chi connectivity index (χ3n) is 10.4. The second kappa shape index (κ2) is 30.8.